The number of benzene rings is 1. The highest BCUT2D eigenvalue weighted by molar-refractivity contribution is 6.00. The van der Waals surface area contributed by atoms with E-state index in [4.69, 9.17) is 4.42 Å². The molecule has 0 atom stereocenters. The number of fused-ring (bicyclic) bond motifs is 2. The van der Waals surface area contributed by atoms with Gasteiger partial charge in [0.05, 0.1) is 11.9 Å². The minimum atomic E-state index is -0.250. The fourth-order valence-corrected chi connectivity index (χ4v) is 2.63. The van der Waals surface area contributed by atoms with Gasteiger partial charge in [0.2, 0.25) is 0 Å². The van der Waals surface area contributed by atoms with Crippen LogP contribution in [0.1, 0.15) is 10.4 Å². The first-order valence-electron chi connectivity index (χ1n) is 7.59. The van der Waals surface area contributed by atoms with Crippen molar-refractivity contribution in [2.45, 2.75) is 0 Å². The van der Waals surface area contributed by atoms with Crippen molar-refractivity contribution in [3.63, 3.8) is 0 Å². The second-order valence-corrected chi connectivity index (χ2v) is 5.28. The van der Waals surface area contributed by atoms with E-state index in [1.807, 2.05) is 18.2 Å². The quantitative estimate of drug-likeness (QED) is 0.522. The summed E-state index contributed by atoms with van der Waals surface area (Å²) in [7, 11) is 3.34. The van der Waals surface area contributed by atoms with Crippen LogP contribution in [-0.2, 0) is 0 Å². The zero-order valence-corrected chi connectivity index (χ0v) is 13.6. The van der Waals surface area contributed by atoms with E-state index in [9.17, 15) is 4.79 Å². The molecule has 1 amide bonds. The second-order valence-electron chi connectivity index (χ2n) is 5.28. The zero-order valence-electron chi connectivity index (χ0n) is 13.6. The van der Waals surface area contributed by atoms with Crippen LogP contribution in [0.4, 0.5) is 17.3 Å². The van der Waals surface area contributed by atoms with Crippen LogP contribution in [0, 0.1) is 0 Å². The number of hydrogen-bond acceptors (Lipinski definition) is 7. The van der Waals surface area contributed by atoms with Gasteiger partial charge in [-0.2, -0.15) is 9.61 Å². The molecule has 9 nitrogen and oxygen atoms in total. The SMILES string of the molecule is CNC(=O)c1cnn2c(NC)cc(Nc3cccc4ocnc34)nc12. The summed E-state index contributed by atoms with van der Waals surface area (Å²) in [6, 6.07) is 7.38. The maximum Gasteiger partial charge on any atom is 0.256 e. The predicted molar refractivity (Wildman–Crippen MR) is 93.2 cm³/mol. The maximum atomic E-state index is 12.0. The zero-order chi connectivity index (χ0) is 17.4. The van der Waals surface area contributed by atoms with Crippen LogP contribution < -0.4 is 16.0 Å². The number of rotatable bonds is 4. The maximum absolute atomic E-state index is 12.0. The molecule has 1 aromatic carbocycles. The minimum Gasteiger partial charge on any atom is -0.443 e. The van der Waals surface area contributed by atoms with Gasteiger partial charge in [-0.15, -0.1) is 0 Å². The molecule has 0 fully saturated rings. The Morgan fingerprint density at radius 1 is 1.28 bits per heavy atom. The number of aromatic nitrogens is 4. The summed E-state index contributed by atoms with van der Waals surface area (Å²) in [5.41, 5.74) is 2.97. The molecule has 3 N–H and O–H groups in total. The number of oxazole rings is 1. The number of carbonyl (C=O) groups excluding carboxylic acids is 1. The standard InChI is InChI=1S/C16H15N7O2/c1-17-13-6-12(21-10-4-3-5-11-14(10)19-8-25-11)22-15-9(16(24)18-2)7-20-23(13)15/h3-8,17H,1-2H3,(H,18,24)(H,21,22). The Labute approximate surface area is 142 Å². The van der Waals surface area contributed by atoms with Crippen molar-refractivity contribution in [2.75, 3.05) is 24.7 Å². The number of anilines is 3. The normalized spacial score (nSPS) is 11.0. The molecule has 0 aliphatic rings. The van der Waals surface area contributed by atoms with Crippen LogP contribution in [0.25, 0.3) is 16.7 Å². The number of carbonyl (C=O) groups is 1. The van der Waals surface area contributed by atoms with E-state index in [2.05, 4.69) is 31.0 Å². The Morgan fingerprint density at radius 3 is 2.96 bits per heavy atom. The van der Waals surface area contributed by atoms with Crippen molar-refractivity contribution in [3.8, 4) is 0 Å². The van der Waals surface area contributed by atoms with E-state index in [1.54, 1.807) is 24.7 Å². The summed E-state index contributed by atoms with van der Waals surface area (Å²) in [5.74, 6) is 0.994. The monoisotopic (exact) mass is 337 g/mol. The van der Waals surface area contributed by atoms with Crippen molar-refractivity contribution in [2.24, 2.45) is 0 Å². The molecule has 0 unspecified atom stereocenters. The first kappa shape index (κ1) is 14.9. The van der Waals surface area contributed by atoms with Crippen LogP contribution in [0.3, 0.4) is 0 Å². The Balaban J connectivity index is 1.84. The molecule has 3 heterocycles. The fraction of sp³-hybridized carbons (Fsp3) is 0.125. The van der Waals surface area contributed by atoms with Crippen molar-refractivity contribution >= 4 is 40.0 Å². The summed E-state index contributed by atoms with van der Waals surface area (Å²) in [6.45, 7) is 0. The van der Waals surface area contributed by atoms with Gasteiger partial charge >= 0.3 is 0 Å². The molecular weight excluding hydrogens is 322 g/mol. The summed E-state index contributed by atoms with van der Waals surface area (Å²) >= 11 is 0. The van der Waals surface area contributed by atoms with E-state index in [-0.39, 0.29) is 5.91 Å². The first-order chi connectivity index (χ1) is 12.2. The van der Waals surface area contributed by atoms with E-state index >= 15 is 0 Å². The van der Waals surface area contributed by atoms with Gasteiger partial charge in [-0.1, -0.05) is 6.07 Å². The van der Waals surface area contributed by atoms with Crippen LogP contribution in [0.15, 0.2) is 41.3 Å². The van der Waals surface area contributed by atoms with Gasteiger partial charge in [0.25, 0.3) is 5.91 Å². The number of amides is 1. The molecule has 0 radical (unpaired) electrons. The van der Waals surface area contributed by atoms with Gasteiger partial charge in [0, 0.05) is 20.2 Å². The number of nitrogens with zero attached hydrogens (tertiary/aromatic N) is 4. The molecule has 4 aromatic rings. The van der Waals surface area contributed by atoms with E-state index < -0.39 is 0 Å². The molecule has 25 heavy (non-hydrogen) atoms. The summed E-state index contributed by atoms with van der Waals surface area (Å²) in [6.07, 6.45) is 2.89. The molecule has 0 spiro atoms. The lowest BCUT2D eigenvalue weighted by atomic mass is 10.2. The van der Waals surface area contributed by atoms with Crippen LogP contribution in [0.2, 0.25) is 0 Å². The molecule has 0 saturated carbocycles. The fourth-order valence-electron chi connectivity index (χ4n) is 2.63. The Hall–Kier alpha value is -3.62. The van der Waals surface area contributed by atoms with Gasteiger partial charge in [0.15, 0.2) is 17.6 Å². The highest BCUT2D eigenvalue weighted by Gasteiger charge is 2.16. The van der Waals surface area contributed by atoms with Crippen molar-refractivity contribution < 1.29 is 9.21 Å². The van der Waals surface area contributed by atoms with Gasteiger partial charge in [0.1, 0.15) is 22.7 Å². The van der Waals surface area contributed by atoms with Crippen LogP contribution in [0.5, 0.6) is 0 Å². The van der Waals surface area contributed by atoms with Crippen molar-refractivity contribution in [1.82, 2.24) is 24.9 Å². The van der Waals surface area contributed by atoms with E-state index in [0.29, 0.717) is 33.9 Å². The third kappa shape index (κ3) is 2.42. The molecule has 4 rings (SSSR count). The predicted octanol–water partition coefficient (Wildman–Crippen LogP) is 2.02. The van der Waals surface area contributed by atoms with Gasteiger partial charge < -0.3 is 20.4 Å². The average molecular weight is 337 g/mol. The third-order valence-corrected chi connectivity index (χ3v) is 3.82. The van der Waals surface area contributed by atoms with E-state index in [0.717, 1.165) is 5.69 Å². The summed E-state index contributed by atoms with van der Waals surface area (Å²) < 4.78 is 6.89. The highest BCUT2D eigenvalue weighted by atomic mass is 16.3. The Bertz CT molecular complexity index is 1080. The molecule has 0 aliphatic carbocycles. The second kappa shape index (κ2) is 5.78. The molecule has 126 valence electrons. The van der Waals surface area contributed by atoms with Gasteiger partial charge in [-0.25, -0.2) is 9.97 Å². The van der Waals surface area contributed by atoms with E-state index in [1.165, 1.54) is 12.6 Å². The number of nitrogens with one attached hydrogen (secondary N) is 3. The van der Waals surface area contributed by atoms with Gasteiger partial charge in [-0.05, 0) is 12.1 Å². The average Bonchev–Trinajstić information content (AvgIpc) is 3.27. The number of para-hydroxylation sites is 1. The lowest BCUT2D eigenvalue weighted by Gasteiger charge is -2.10. The topological polar surface area (TPSA) is 109 Å². The van der Waals surface area contributed by atoms with Crippen LogP contribution >= 0.6 is 0 Å². The van der Waals surface area contributed by atoms with Crippen molar-refractivity contribution in [3.05, 3.63) is 42.4 Å². The molecule has 3 aromatic heterocycles. The third-order valence-electron chi connectivity index (χ3n) is 3.82. The van der Waals surface area contributed by atoms with Crippen molar-refractivity contribution in [1.29, 1.82) is 0 Å². The molecule has 0 bridgehead atoms. The van der Waals surface area contributed by atoms with Crippen LogP contribution in [-0.4, -0.2) is 39.6 Å². The summed E-state index contributed by atoms with van der Waals surface area (Å²) in [5, 5.41) is 13.1. The lowest BCUT2D eigenvalue weighted by Crippen LogP contribution is -2.18. The summed E-state index contributed by atoms with van der Waals surface area (Å²) in [4.78, 5) is 20.8. The first-order valence-corrected chi connectivity index (χ1v) is 7.59. The smallest absolute Gasteiger partial charge is 0.256 e. The molecule has 9 heteroatoms. The number of hydrogen-bond donors (Lipinski definition) is 3. The Kier molecular flexibility index (Phi) is 3.46. The molecule has 0 aliphatic heterocycles. The largest absolute Gasteiger partial charge is 0.443 e. The van der Waals surface area contributed by atoms with Gasteiger partial charge in [-0.3, -0.25) is 4.79 Å². The molecular formula is C16H15N7O2. The molecule has 0 saturated heterocycles. The Morgan fingerprint density at radius 2 is 2.16 bits per heavy atom. The lowest BCUT2D eigenvalue weighted by molar-refractivity contribution is 0.0964. The highest BCUT2D eigenvalue weighted by Crippen LogP contribution is 2.26. The minimum absolute atomic E-state index is 0.250.